The minimum absolute atomic E-state index is 0.0614. The minimum Gasteiger partial charge on any atom is -0.337 e. The first-order chi connectivity index (χ1) is 17.2. The Morgan fingerprint density at radius 3 is 2.36 bits per heavy atom. The molecule has 0 spiro atoms. The molecule has 1 unspecified atom stereocenters. The van der Waals surface area contributed by atoms with Crippen molar-refractivity contribution in [3.63, 3.8) is 0 Å². The molecule has 2 aliphatic rings. The molecule has 0 bridgehead atoms. The largest absolute Gasteiger partial charge is 0.337 e. The number of amides is 3. The Bertz CT molecular complexity index is 1460. The summed E-state index contributed by atoms with van der Waals surface area (Å²) in [6, 6.07) is 19.3. The van der Waals surface area contributed by atoms with Gasteiger partial charge in [-0.3, -0.25) is 14.4 Å². The van der Waals surface area contributed by atoms with Crippen LogP contribution in [0, 0.1) is 0 Å². The Morgan fingerprint density at radius 1 is 0.944 bits per heavy atom. The molecule has 0 radical (unpaired) electrons. The highest BCUT2D eigenvalue weighted by atomic mass is 35.5. The lowest BCUT2D eigenvalue weighted by molar-refractivity contribution is -0.133. The lowest BCUT2D eigenvalue weighted by Gasteiger charge is -2.39. The van der Waals surface area contributed by atoms with Gasteiger partial charge in [-0.2, -0.15) is 0 Å². The van der Waals surface area contributed by atoms with E-state index in [2.05, 4.69) is 5.32 Å². The number of fused-ring (bicyclic) bond motifs is 2. The topological polar surface area (TPSA) is 104 Å². The molecule has 184 valence electrons. The number of benzene rings is 3. The number of anilines is 1. The number of carbonyl (C=O) groups is 3. The summed E-state index contributed by atoms with van der Waals surface area (Å²) in [7, 11) is -3.83. The van der Waals surface area contributed by atoms with Crippen molar-refractivity contribution in [2.75, 3.05) is 30.7 Å². The highest BCUT2D eigenvalue weighted by Crippen LogP contribution is 2.31. The van der Waals surface area contributed by atoms with Crippen LogP contribution < -0.4 is 5.32 Å². The maximum Gasteiger partial charge on any atom is 0.256 e. The van der Waals surface area contributed by atoms with E-state index in [1.165, 1.54) is 21.9 Å². The van der Waals surface area contributed by atoms with Gasteiger partial charge in [0.05, 0.1) is 22.7 Å². The molecule has 2 heterocycles. The van der Waals surface area contributed by atoms with E-state index in [1.54, 1.807) is 42.5 Å². The van der Waals surface area contributed by atoms with Gasteiger partial charge in [0.2, 0.25) is 11.8 Å². The summed E-state index contributed by atoms with van der Waals surface area (Å²) in [6.45, 7) is 0.155. The van der Waals surface area contributed by atoms with Crippen LogP contribution >= 0.6 is 11.6 Å². The molecule has 10 heteroatoms. The van der Waals surface area contributed by atoms with Gasteiger partial charge in [-0.15, -0.1) is 0 Å². The summed E-state index contributed by atoms with van der Waals surface area (Å²) in [5, 5.41) is 3.40. The SMILES string of the molecule is O=C1Nc2ccc(-c3ccc(Cl)cc3)cc2C(=O)N2CCN(C(=O)CS(=O)(=O)c3ccccc3)CC12. The molecule has 3 aromatic carbocycles. The number of halogens is 1. The number of carbonyl (C=O) groups excluding carboxylic acids is 3. The zero-order valence-corrected chi connectivity index (χ0v) is 20.6. The fraction of sp³-hybridized carbons (Fsp3) is 0.192. The van der Waals surface area contributed by atoms with Gasteiger partial charge in [0.1, 0.15) is 11.8 Å². The van der Waals surface area contributed by atoms with Crippen molar-refractivity contribution in [1.82, 2.24) is 9.80 Å². The summed E-state index contributed by atoms with van der Waals surface area (Å²) >= 11 is 5.98. The summed E-state index contributed by atoms with van der Waals surface area (Å²) < 4.78 is 25.3. The molecule has 8 nitrogen and oxygen atoms in total. The average molecular weight is 524 g/mol. The predicted molar refractivity (Wildman–Crippen MR) is 135 cm³/mol. The third-order valence-corrected chi connectivity index (χ3v) is 8.27. The fourth-order valence-corrected chi connectivity index (χ4v) is 5.84. The van der Waals surface area contributed by atoms with Crippen LogP contribution in [-0.2, 0) is 19.4 Å². The molecule has 0 saturated carbocycles. The van der Waals surface area contributed by atoms with Crippen molar-refractivity contribution in [2.45, 2.75) is 10.9 Å². The van der Waals surface area contributed by atoms with E-state index >= 15 is 0 Å². The maximum absolute atomic E-state index is 13.5. The predicted octanol–water partition coefficient (Wildman–Crippen LogP) is 3.09. The number of hydrogen-bond acceptors (Lipinski definition) is 5. The molecule has 5 rings (SSSR count). The number of hydrogen-bond donors (Lipinski definition) is 1. The van der Waals surface area contributed by atoms with Crippen LogP contribution in [0.2, 0.25) is 5.02 Å². The Hall–Kier alpha value is -3.69. The number of rotatable bonds is 4. The third-order valence-electron chi connectivity index (χ3n) is 6.40. The Labute approximate surface area is 213 Å². The van der Waals surface area contributed by atoms with E-state index in [0.717, 1.165) is 11.1 Å². The number of nitrogens with zero attached hydrogens (tertiary/aromatic N) is 2. The Kier molecular flexibility index (Phi) is 6.27. The molecule has 1 N–H and O–H groups in total. The van der Waals surface area contributed by atoms with Gasteiger partial charge in [-0.25, -0.2) is 8.42 Å². The second-order valence-corrected chi connectivity index (χ2v) is 11.1. The van der Waals surface area contributed by atoms with Crippen LogP contribution in [0.15, 0.2) is 77.7 Å². The van der Waals surface area contributed by atoms with E-state index < -0.39 is 33.4 Å². The quantitative estimate of drug-likeness (QED) is 0.566. The minimum atomic E-state index is -3.83. The van der Waals surface area contributed by atoms with Crippen LogP contribution in [0.4, 0.5) is 5.69 Å². The summed E-state index contributed by atoms with van der Waals surface area (Å²) in [4.78, 5) is 42.2. The van der Waals surface area contributed by atoms with Crippen LogP contribution in [0.5, 0.6) is 0 Å². The lowest BCUT2D eigenvalue weighted by Crippen LogP contribution is -2.60. The molecular formula is C26H22ClN3O5S. The van der Waals surface area contributed by atoms with E-state index in [9.17, 15) is 22.8 Å². The molecule has 1 atom stereocenters. The number of nitrogens with one attached hydrogen (secondary N) is 1. The van der Waals surface area contributed by atoms with Crippen LogP contribution in [0.3, 0.4) is 0 Å². The normalized spacial score (nSPS) is 17.6. The van der Waals surface area contributed by atoms with Crippen LogP contribution in [-0.4, -0.2) is 67.4 Å². The highest BCUT2D eigenvalue weighted by Gasteiger charge is 2.41. The second kappa shape index (κ2) is 9.40. The van der Waals surface area contributed by atoms with Gasteiger partial charge in [-0.1, -0.05) is 48.0 Å². The first-order valence-corrected chi connectivity index (χ1v) is 13.3. The fourth-order valence-electron chi connectivity index (χ4n) is 4.46. The summed E-state index contributed by atoms with van der Waals surface area (Å²) in [6.07, 6.45) is 0. The van der Waals surface area contributed by atoms with Crippen LogP contribution in [0.25, 0.3) is 11.1 Å². The van der Waals surface area contributed by atoms with Crippen molar-refractivity contribution in [3.05, 3.63) is 83.4 Å². The molecule has 3 aromatic rings. The molecule has 0 aromatic heterocycles. The average Bonchev–Trinajstić information content (AvgIpc) is 2.98. The van der Waals surface area contributed by atoms with Gasteiger partial charge in [0.15, 0.2) is 9.84 Å². The number of piperazine rings is 1. The van der Waals surface area contributed by atoms with Gasteiger partial charge in [0, 0.05) is 18.1 Å². The molecule has 36 heavy (non-hydrogen) atoms. The molecule has 3 amide bonds. The maximum atomic E-state index is 13.5. The highest BCUT2D eigenvalue weighted by molar-refractivity contribution is 7.92. The molecule has 2 aliphatic heterocycles. The molecule has 1 saturated heterocycles. The summed E-state index contributed by atoms with van der Waals surface area (Å²) in [5.41, 5.74) is 2.41. The van der Waals surface area contributed by atoms with Crippen molar-refractivity contribution in [1.29, 1.82) is 0 Å². The zero-order chi connectivity index (χ0) is 25.4. The third kappa shape index (κ3) is 4.59. The van der Waals surface area contributed by atoms with Gasteiger partial charge < -0.3 is 15.1 Å². The first-order valence-electron chi connectivity index (χ1n) is 11.3. The first kappa shape index (κ1) is 24.0. The van der Waals surface area contributed by atoms with Gasteiger partial charge in [-0.05, 0) is 47.5 Å². The van der Waals surface area contributed by atoms with E-state index in [0.29, 0.717) is 16.3 Å². The van der Waals surface area contributed by atoms with Crippen LogP contribution in [0.1, 0.15) is 10.4 Å². The lowest BCUT2D eigenvalue weighted by atomic mass is 10.0. The smallest absolute Gasteiger partial charge is 0.256 e. The zero-order valence-electron chi connectivity index (χ0n) is 19.1. The van der Waals surface area contributed by atoms with Gasteiger partial charge >= 0.3 is 0 Å². The van der Waals surface area contributed by atoms with Crippen molar-refractivity contribution in [2.24, 2.45) is 0 Å². The van der Waals surface area contributed by atoms with Crippen molar-refractivity contribution < 1.29 is 22.8 Å². The van der Waals surface area contributed by atoms with Crippen molar-refractivity contribution >= 4 is 44.8 Å². The Morgan fingerprint density at radius 2 is 1.64 bits per heavy atom. The van der Waals surface area contributed by atoms with E-state index in [-0.39, 0.29) is 30.4 Å². The Balaban J connectivity index is 1.36. The molecule has 0 aliphatic carbocycles. The monoisotopic (exact) mass is 523 g/mol. The van der Waals surface area contributed by atoms with Crippen molar-refractivity contribution in [3.8, 4) is 11.1 Å². The van der Waals surface area contributed by atoms with E-state index in [1.807, 2.05) is 18.2 Å². The standard InChI is InChI=1S/C26H22ClN3O5S/c27-19-9-6-17(7-10-19)18-8-11-22-21(14-18)26(33)30-13-12-29(15-23(30)25(32)28-22)24(31)16-36(34,35)20-4-2-1-3-5-20/h1-11,14,23H,12-13,15-16H2,(H,28,32). The van der Waals surface area contributed by atoms with E-state index in [4.69, 9.17) is 11.6 Å². The molecular weight excluding hydrogens is 502 g/mol. The van der Waals surface area contributed by atoms with Gasteiger partial charge in [0.25, 0.3) is 5.91 Å². The second-order valence-electron chi connectivity index (χ2n) is 8.68. The number of sulfone groups is 1. The summed E-state index contributed by atoms with van der Waals surface area (Å²) in [5.74, 6) is -2.06. The molecule has 1 fully saturated rings.